The second kappa shape index (κ2) is 12.7. The van der Waals surface area contributed by atoms with Gasteiger partial charge in [-0.25, -0.2) is 0 Å². The molecule has 0 saturated heterocycles. The van der Waals surface area contributed by atoms with Gasteiger partial charge < -0.3 is 29.8 Å². The van der Waals surface area contributed by atoms with Crippen molar-refractivity contribution in [2.45, 2.75) is 19.6 Å². The largest absolute Gasteiger partial charge is 0.481 e. The van der Waals surface area contributed by atoms with Crippen molar-refractivity contribution in [3.05, 3.63) is 0 Å². The molecule has 0 bridgehead atoms. The molecule has 1 unspecified atom stereocenters. The predicted molar refractivity (Wildman–Crippen MR) is 64.3 cm³/mol. The van der Waals surface area contributed by atoms with Crippen LogP contribution >= 0.6 is 0 Å². The van der Waals surface area contributed by atoms with E-state index in [4.69, 9.17) is 29.8 Å². The first-order valence-corrected chi connectivity index (χ1v) is 5.99. The van der Waals surface area contributed by atoms with Crippen LogP contribution in [0.15, 0.2) is 0 Å². The maximum absolute atomic E-state index is 10.2. The Morgan fingerprint density at radius 1 is 1.11 bits per heavy atom. The highest BCUT2D eigenvalue weighted by molar-refractivity contribution is 5.66. The highest BCUT2D eigenvalue weighted by Gasteiger charge is 2.04. The van der Waals surface area contributed by atoms with Crippen molar-refractivity contribution < 1.29 is 28.8 Å². The van der Waals surface area contributed by atoms with Gasteiger partial charge in [0, 0.05) is 6.61 Å². The van der Waals surface area contributed by atoms with Gasteiger partial charge in [-0.15, -0.1) is 0 Å². The summed E-state index contributed by atoms with van der Waals surface area (Å²) >= 11 is 0. The van der Waals surface area contributed by atoms with Crippen LogP contribution in [-0.2, 0) is 23.7 Å². The summed E-state index contributed by atoms with van der Waals surface area (Å²) in [5.74, 6) is -0.911. The Bertz CT molecular complexity index is 202. The normalized spacial score (nSPS) is 12.6. The first kappa shape index (κ1) is 17.3. The maximum atomic E-state index is 10.2. The number of ether oxygens (including phenoxy) is 4. The topological polar surface area (TPSA) is 100 Å². The van der Waals surface area contributed by atoms with Gasteiger partial charge >= 0.3 is 5.97 Å². The molecule has 0 aromatic heterocycles. The number of aliphatic carboxylic acids is 1. The number of carbonyl (C=O) groups is 1. The van der Waals surface area contributed by atoms with Crippen LogP contribution in [0.25, 0.3) is 0 Å². The average molecular weight is 265 g/mol. The van der Waals surface area contributed by atoms with Gasteiger partial charge in [0.25, 0.3) is 0 Å². The maximum Gasteiger partial charge on any atom is 0.305 e. The lowest BCUT2D eigenvalue weighted by atomic mass is 10.5. The number of rotatable bonds is 13. The second-order valence-electron chi connectivity index (χ2n) is 3.44. The standard InChI is InChI=1S/C11H23NO6/c1-2-15-5-6-16-7-8-17-9-10(12)18-4-3-11(13)14/h10H,2-9,12H2,1H3,(H,13,14). The van der Waals surface area contributed by atoms with Crippen LogP contribution in [0.4, 0.5) is 0 Å². The van der Waals surface area contributed by atoms with Gasteiger partial charge in [-0.2, -0.15) is 0 Å². The second-order valence-corrected chi connectivity index (χ2v) is 3.44. The highest BCUT2D eigenvalue weighted by Crippen LogP contribution is 1.89. The summed E-state index contributed by atoms with van der Waals surface area (Å²) in [4.78, 5) is 10.2. The first-order chi connectivity index (χ1) is 8.66. The number of nitrogens with two attached hydrogens (primary N) is 1. The third kappa shape index (κ3) is 13.3. The Kier molecular flexibility index (Phi) is 12.2. The van der Waals surface area contributed by atoms with Crippen LogP contribution in [0, 0.1) is 0 Å². The summed E-state index contributed by atoms with van der Waals surface area (Å²) in [6.45, 7) is 4.92. The molecule has 108 valence electrons. The predicted octanol–water partition coefficient (Wildman–Crippen LogP) is -0.168. The zero-order chi connectivity index (χ0) is 13.6. The summed E-state index contributed by atoms with van der Waals surface area (Å²) in [6, 6.07) is 0. The lowest BCUT2D eigenvalue weighted by Gasteiger charge is -2.12. The summed E-state index contributed by atoms with van der Waals surface area (Å²) < 4.78 is 20.5. The SMILES string of the molecule is CCOCCOCCOCC(N)OCCC(=O)O. The Labute approximate surface area is 107 Å². The van der Waals surface area contributed by atoms with E-state index in [1.165, 1.54) is 0 Å². The summed E-state index contributed by atoms with van der Waals surface area (Å²) in [5, 5.41) is 8.38. The van der Waals surface area contributed by atoms with Gasteiger partial charge in [0.05, 0.1) is 46.1 Å². The van der Waals surface area contributed by atoms with Crippen LogP contribution in [0.3, 0.4) is 0 Å². The summed E-state index contributed by atoms with van der Waals surface area (Å²) in [6.07, 6.45) is -0.665. The molecule has 3 N–H and O–H groups in total. The fraction of sp³-hybridized carbons (Fsp3) is 0.909. The number of carboxylic acid groups (broad SMARTS) is 1. The summed E-state index contributed by atoms with van der Waals surface area (Å²) in [5.41, 5.74) is 5.54. The minimum atomic E-state index is -0.911. The minimum Gasteiger partial charge on any atom is -0.481 e. The molecule has 0 spiro atoms. The lowest BCUT2D eigenvalue weighted by Crippen LogP contribution is -2.31. The van der Waals surface area contributed by atoms with E-state index in [9.17, 15) is 4.79 Å². The quantitative estimate of drug-likeness (QED) is 0.352. The van der Waals surface area contributed by atoms with Gasteiger partial charge in [0.2, 0.25) is 0 Å². The number of hydrogen-bond donors (Lipinski definition) is 2. The van der Waals surface area contributed by atoms with Crippen LogP contribution < -0.4 is 5.73 Å². The Morgan fingerprint density at radius 3 is 2.33 bits per heavy atom. The highest BCUT2D eigenvalue weighted by atomic mass is 16.6. The van der Waals surface area contributed by atoms with E-state index < -0.39 is 12.2 Å². The van der Waals surface area contributed by atoms with E-state index in [1.807, 2.05) is 6.92 Å². The van der Waals surface area contributed by atoms with Crippen molar-refractivity contribution in [2.24, 2.45) is 5.73 Å². The molecule has 0 radical (unpaired) electrons. The van der Waals surface area contributed by atoms with Gasteiger partial charge in [-0.05, 0) is 6.92 Å². The van der Waals surface area contributed by atoms with Crippen LogP contribution in [0.2, 0.25) is 0 Å². The van der Waals surface area contributed by atoms with Crippen molar-refractivity contribution in [3.63, 3.8) is 0 Å². The van der Waals surface area contributed by atoms with Gasteiger partial charge in [0.1, 0.15) is 6.23 Å². The first-order valence-electron chi connectivity index (χ1n) is 5.99. The molecule has 1 atom stereocenters. The molecular weight excluding hydrogens is 242 g/mol. The molecule has 0 saturated carbocycles. The molecule has 0 heterocycles. The van der Waals surface area contributed by atoms with Gasteiger partial charge in [-0.3, -0.25) is 4.79 Å². The van der Waals surface area contributed by atoms with Crippen molar-refractivity contribution in [1.82, 2.24) is 0 Å². The Hall–Kier alpha value is -0.730. The molecule has 18 heavy (non-hydrogen) atoms. The zero-order valence-corrected chi connectivity index (χ0v) is 10.8. The van der Waals surface area contributed by atoms with E-state index >= 15 is 0 Å². The van der Waals surface area contributed by atoms with E-state index in [2.05, 4.69) is 0 Å². The fourth-order valence-corrected chi connectivity index (χ4v) is 1.03. The van der Waals surface area contributed by atoms with Gasteiger partial charge in [0.15, 0.2) is 0 Å². The molecule has 0 aliphatic carbocycles. The Morgan fingerprint density at radius 2 is 1.72 bits per heavy atom. The molecule has 0 fully saturated rings. The van der Waals surface area contributed by atoms with Crippen LogP contribution in [0.5, 0.6) is 0 Å². The Balaban J connectivity index is 3.15. The molecule has 0 amide bonds. The number of carboxylic acids is 1. The van der Waals surface area contributed by atoms with E-state index in [-0.39, 0.29) is 19.6 Å². The zero-order valence-electron chi connectivity index (χ0n) is 10.8. The lowest BCUT2D eigenvalue weighted by molar-refractivity contribution is -0.139. The molecule has 7 heteroatoms. The fourth-order valence-electron chi connectivity index (χ4n) is 1.03. The minimum absolute atomic E-state index is 0.0613. The van der Waals surface area contributed by atoms with Crippen molar-refractivity contribution in [1.29, 1.82) is 0 Å². The molecule has 0 aromatic rings. The van der Waals surface area contributed by atoms with Crippen LogP contribution in [-0.4, -0.2) is 63.6 Å². The monoisotopic (exact) mass is 265 g/mol. The third-order valence-electron chi connectivity index (χ3n) is 1.88. The molecule has 0 aliphatic heterocycles. The third-order valence-corrected chi connectivity index (χ3v) is 1.88. The molecule has 0 rings (SSSR count). The molecule has 0 aliphatic rings. The van der Waals surface area contributed by atoms with Crippen LogP contribution in [0.1, 0.15) is 13.3 Å². The van der Waals surface area contributed by atoms with E-state index in [1.54, 1.807) is 0 Å². The van der Waals surface area contributed by atoms with Gasteiger partial charge in [-0.1, -0.05) is 0 Å². The smallest absolute Gasteiger partial charge is 0.305 e. The van der Waals surface area contributed by atoms with Crippen molar-refractivity contribution in [3.8, 4) is 0 Å². The van der Waals surface area contributed by atoms with Crippen molar-refractivity contribution in [2.75, 3.05) is 46.2 Å². The number of hydrogen-bond acceptors (Lipinski definition) is 6. The average Bonchev–Trinajstić information content (AvgIpc) is 2.32. The van der Waals surface area contributed by atoms with E-state index in [0.717, 1.165) is 0 Å². The molecular formula is C11H23NO6. The summed E-state index contributed by atoms with van der Waals surface area (Å²) in [7, 11) is 0. The molecule has 0 aromatic carbocycles. The van der Waals surface area contributed by atoms with Crippen molar-refractivity contribution >= 4 is 5.97 Å². The van der Waals surface area contributed by atoms with E-state index in [0.29, 0.717) is 33.0 Å². The molecule has 7 nitrogen and oxygen atoms in total.